The molecule has 0 radical (unpaired) electrons. The molecule has 0 amide bonds. The first-order valence-corrected chi connectivity index (χ1v) is 11.4. The zero-order valence-electron chi connectivity index (χ0n) is 15.5. The highest BCUT2D eigenvalue weighted by Gasteiger charge is 2.25. The lowest BCUT2D eigenvalue weighted by atomic mass is 10.0. The van der Waals surface area contributed by atoms with Gasteiger partial charge in [-0.3, -0.25) is 0 Å². The van der Waals surface area contributed by atoms with Crippen molar-refractivity contribution in [2.75, 3.05) is 24.7 Å². The van der Waals surface area contributed by atoms with Gasteiger partial charge in [-0.2, -0.15) is 0 Å². The van der Waals surface area contributed by atoms with Crippen LogP contribution in [-0.4, -0.2) is 39.5 Å². The van der Waals surface area contributed by atoms with Gasteiger partial charge < -0.3 is 10.4 Å². The van der Waals surface area contributed by atoms with Gasteiger partial charge in [-0.15, -0.1) is 11.3 Å². The highest BCUT2D eigenvalue weighted by atomic mass is 32.2. The molecule has 0 saturated heterocycles. The van der Waals surface area contributed by atoms with E-state index in [0.29, 0.717) is 6.54 Å². The lowest BCUT2D eigenvalue weighted by Crippen LogP contribution is -2.07. The highest BCUT2D eigenvalue weighted by molar-refractivity contribution is 7.98. The maximum Gasteiger partial charge on any atom is 0.189 e. The summed E-state index contributed by atoms with van der Waals surface area (Å²) in [4.78, 5) is 15.6. The van der Waals surface area contributed by atoms with Crippen LogP contribution in [0, 0.1) is 0 Å². The molecule has 0 atom stereocenters. The second-order valence-corrected chi connectivity index (χ2v) is 8.58. The average Bonchev–Trinajstić information content (AvgIpc) is 3.36. The summed E-state index contributed by atoms with van der Waals surface area (Å²) in [5.41, 5.74) is 6.04. The molecule has 1 aromatic carbocycles. The molecule has 0 bridgehead atoms. The van der Waals surface area contributed by atoms with E-state index in [1.165, 1.54) is 33.8 Å². The molecular formula is C21H20N4OS2. The molecular weight excluding hydrogens is 388 g/mol. The maximum atomic E-state index is 9.24. The zero-order valence-corrected chi connectivity index (χ0v) is 17.2. The second kappa shape index (κ2) is 7.31. The van der Waals surface area contributed by atoms with Gasteiger partial charge in [0.15, 0.2) is 5.16 Å². The van der Waals surface area contributed by atoms with Crippen molar-refractivity contribution in [1.29, 1.82) is 0 Å². The largest absolute Gasteiger partial charge is 0.395 e. The van der Waals surface area contributed by atoms with Crippen molar-refractivity contribution in [2.24, 2.45) is 0 Å². The number of fused-ring (bicyclic) bond motifs is 5. The fourth-order valence-corrected chi connectivity index (χ4v) is 5.44. The predicted octanol–water partition coefficient (Wildman–Crippen LogP) is 4.52. The maximum absolute atomic E-state index is 9.24. The average molecular weight is 409 g/mol. The van der Waals surface area contributed by atoms with Crippen molar-refractivity contribution in [2.45, 2.75) is 24.4 Å². The molecule has 0 fully saturated rings. The number of aromatic nitrogens is 3. The Kier molecular flexibility index (Phi) is 4.66. The third-order valence-corrected chi connectivity index (χ3v) is 6.77. The normalized spacial score (nSPS) is 13.4. The Morgan fingerprint density at radius 3 is 2.71 bits per heavy atom. The van der Waals surface area contributed by atoms with E-state index in [4.69, 9.17) is 9.97 Å². The van der Waals surface area contributed by atoms with E-state index in [1.807, 2.05) is 12.3 Å². The third-order valence-electron chi connectivity index (χ3n) is 5.15. The van der Waals surface area contributed by atoms with Crippen LogP contribution in [0.3, 0.4) is 0 Å². The molecule has 3 aromatic heterocycles. The summed E-state index contributed by atoms with van der Waals surface area (Å²) < 4.78 is 1.02. The number of benzene rings is 1. The van der Waals surface area contributed by atoms with E-state index >= 15 is 0 Å². The molecule has 4 aromatic rings. The summed E-state index contributed by atoms with van der Waals surface area (Å²) in [5.74, 6) is 0.791. The Balaban J connectivity index is 1.82. The molecule has 5 rings (SSSR count). The van der Waals surface area contributed by atoms with Crippen LogP contribution in [0.5, 0.6) is 0 Å². The summed E-state index contributed by atoms with van der Waals surface area (Å²) in [6, 6.07) is 10.5. The van der Waals surface area contributed by atoms with Gasteiger partial charge in [0.25, 0.3) is 0 Å². The van der Waals surface area contributed by atoms with Gasteiger partial charge >= 0.3 is 0 Å². The number of aliphatic hydroxyl groups excluding tert-OH is 1. The molecule has 0 unspecified atom stereocenters. The number of pyridine rings is 1. The van der Waals surface area contributed by atoms with Crippen molar-refractivity contribution in [3.63, 3.8) is 0 Å². The molecule has 0 aliphatic heterocycles. The smallest absolute Gasteiger partial charge is 0.189 e. The van der Waals surface area contributed by atoms with E-state index in [1.54, 1.807) is 11.3 Å². The van der Waals surface area contributed by atoms with Crippen LogP contribution in [0.15, 0.2) is 35.5 Å². The first-order chi connectivity index (χ1) is 13.8. The molecule has 7 heteroatoms. The Bertz CT molecular complexity index is 1170. The molecule has 3 heterocycles. The topological polar surface area (TPSA) is 70.9 Å². The number of thioether (sulfide) groups is 1. The summed E-state index contributed by atoms with van der Waals surface area (Å²) in [6.07, 6.45) is 5.28. The van der Waals surface area contributed by atoms with Gasteiger partial charge in [-0.1, -0.05) is 42.1 Å². The number of anilines is 1. The lowest BCUT2D eigenvalue weighted by molar-refractivity contribution is 0.311. The summed E-state index contributed by atoms with van der Waals surface area (Å²) >= 11 is 3.18. The van der Waals surface area contributed by atoms with E-state index in [2.05, 4.69) is 34.6 Å². The first-order valence-electron chi connectivity index (χ1n) is 9.40. The van der Waals surface area contributed by atoms with Crippen LogP contribution in [-0.2, 0) is 12.8 Å². The van der Waals surface area contributed by atoms with Crippen LogP contribution in [0.2, 0.25) is 0 Å². The molecule has 2 N–H and O–H groups in total. The number of nitrogens with one attached hydrogen (secondary N) is 1. The van der Waals surface area contributed by atoms with Crippen molar-refractivity contribution >= 4 is 49.3 Å². The van der Waals surface area contributed by atoms with Gasteiger partial charge in [-0.25, -0.2) is 15.0 Å². The number of thiophene rings is 1. The van der Waals surface area contributed by atoms with E-state index in [9.17, 15) is 5.11 Å². The number of aliphatic hydroxyl groups is 1. The minimum Gasteiger partial charge on any atom is -0.395 e. The van der Waals surface area contributed by atoms with E-state index < -0.39 is 0 Å². The van der Waals surface area contributed by atoms with Crippen LogP contribution >= 0.6 is 23.1 Å². The number of rotatable bonds is 5. The van der Waals surface area contributed by atoms with Crippen LogP contribution in [0.25, 0.3) is 31.7 Å². The SMILES string of the molecule is CSc1nc(NCCO)c2sc3nc(-c4ccccc4)c4c(c3c2n1)CCC4. The van der Waals surface area contributed by atoms with Crippen molar-refractivity contribution < 1.29 is 5.11 Å². The Morgan fingerprint density at radius 1 is 1.11 bits per heavy atom. The molecule has 1 aliphatic rings. The monoisotopic (exact) mass is 408 g/mol. The van der Waals surface area contributed by atoms with Crippen molar-refractivity contribution in [3.05, 3.63) is 41.5 Å². The molecule has 142 valence electrons. The Morgan fingerprint density at radius 2 is 1.93 bits per heavy atom. The molecule has 5 nitrogen and oxygen atoms in total. The van der Waals surface area contributed by atoms with Crippen molar-refractivity contribution in [3.8, 4) is 11.3 Å². The number of aryl methyl sites for hydroxylation is 1. The molecule has 0 spiro atoms. The molecule has 0 saturated carbocycles. The molecule has 28 heavy (non-hydrogen) atoms. The van der Waals surface area contributed by atoms with Crippen LogP contribution in [0.1, 0.15) is 17.5 Å². The fraction of sp³-hybridized carbons (Fsp3) is 0.286. The van der Waals surface area contributed by atoms with Gasteiger partial charge in [0, 0.05) is 17.5 Å². The zero-order chi connectivity index (χ0) is 19.1. The van der Waals surface area contributed by atoms with Gasteiger partial charge in [0.1, 0.15) is 10.6 Å². The number of hydrogen-bond acceptors (Lipinski definition) is 7. The summed E-state index contributed by atoms with van der Waals surface area (Å²) in [7, 11) is 0. The molecule has 1 aliphatic carbocycles. The third kappa shape index (κ3) is 2.85. The standard InChI is InChI=1S/C21H20N4OS2/c1-27-21-24-17-15-13-8-5-9-14(13)16(12-6-3-2-4-7-12)23-20(15)28-18(17)19(25-21)22-10-11-26/h2-4,6-7,26H,5,8-11H2,1H3,(H,22,24,25). The quantitative estimate of drug-likeness (QED) is 0.374. The van der Waals surface area contributed by atoms with Gasteiger partial charge in [-0.05, 0) is 36.6 Å². The minimum absolute atomic E-state index is 0.0663. The Hall–Kier alpha value is -2.22. The summed E-state index contributed by atoms with van der Waals surface area (Å²) in [6.45, 7) is 0.534. The van der Waals surface area contributed by atoms with Crippen LogP contribution < -0.4 is 5.32 Å². The number of hydrogen-bond donors (Lipinski definition) is 2. The van der Waals surface area contributed by atoms with Crippen LogP contribution in [0.4, 0.5) is 5.82 Å². The lowest BCUT2D eigenvalue weighted by Gasteiger charge is -2.10. The van der Waals surface area contributed by atoms with E-state index in [-0.39, 0.29) is 6.61 Å². The predicted molar refractivity (Wildman–Crippen MR) is 118 cm³/mol. The second-order valence-electron chi connectivity index (χ2n) is 6.81. The minimum atomic E-state index is 0.0663. The van der Waals surface area contributed by atoms with Crippen molar-refractivity contribution in [1.82, 2.24) is 15.0 Å². The van der Waals surface area contributed by atoms with E-state index in [0.717, 1.165) is 51.0 Å². The first kappa shape index (κ1) is 17.8. The fourth-order valence-electron chi connectivity index (χ4n) is 3.97. The highest BCUT2D eigenvalue weighted by Crippen LogP contribution is 2.43. The summed E-state index contributed by atoms with van der Waals surface area (Å²) in [5, 5.41) is 14.4. The number of nitrogens with zero attached hydrogens (tertiary/aromatic N) is 3. The van der Waals surface area contributed by atoms with Gasteiger partial charge in [0.05, 0.1) is 22.5 Å². The Labute approximate surface area is 171 Å². The van der Waals surface area contributed by atoms with Gasteiger partial charge in [0.2, 0.25) is 0 Å².